The molecular weight excluding hydrogens is 296 g/mol. The number of aliphatic carboxylic acids is 1. The van der Waals surface area contributed by atoms with E-state index in [9.17, 15) is 14.7 Å². The van der Waals surface area contributed by atoms with E-state index in [1.54, 1.807) is 4.90 Å². The number of oxazole rings is 1. The van der Waals surface area contributed by atoms with Gasteiger partial charge in [-0.1, -0.05) is 37.3 Å². The molecule has 2 aromatic rings. The molecule has 0 spiro atoms. The van der Waals surface area contributed by atoms with Gasteiger partial charge < -0.3 is 14.4 Å². The number of benzene rings is 1. The fraction of sp³-hybridized carbons (Fsp3) is 0.353. The van der Waals surface area contributed by atoms with Crippen LogP contribution in [0, 0.1) is 5.92 Å². The van der Waals surface area contributed by atoms with Gasteiger partial charge in [-0.15, -0.1) is 0 Å². The molecule has 23 heavy (non-hydrogen) atoms. The van der Waals surface area contributed by atoms with Gasteiger partial charge in [-0.3, -0.25) is 9.59 Å². The van der Waals surface area contributed by atoms with Crippen molar-refractivity contribution in [3.8, 4) is 0 Å². The third kappa shape index (κ3) is 2.84. The lowest BCUT2D eigenvalue weighted by atomic mass is 9.89. The highest BCUT2D eigenvalue weighted by molar-refractivity contribution is 5.94. The van der Waals surface area contributed by atoms with Gasteiger partial charge in [-0.25, -0.2) is 4.98 Å². The number of hydrogen-bond acceptors (Lipinski definition) is 4. The number of carboxylic acids is 1. The van der Waals surface area contributed by atoms with Gasteiger partial charge in [0.15, 0.2) is 12.1 Å². The third-order valence-corrected chi connectivity index (χ3v) is 4.32. The second-order valence-corrected chi connectivity index (χ2v) is 5.65. The third-order valence-electron chi connectivity index (χ3n) is 4.32. The fourth-order valence-electron chi connectivity index (χ4n) is 3.10. The molecule has 1 aliphatic rings. The lowest BCUT2D eigenvalue weighted by Crippen LogP contribution is -2.30. The monoisotopic (exact) mass is 314 g/mol. The predicted octanol–water partition coefficient (Wildman–Crippen LogP) is 2.18. The van der Waals surface area contributed by atoms with Crippen LogP contribution in [-0.4, -0.2) is 40.0 Å². The van der Waals surface area contributed by atoms with E-state index in [0.717, 1.165) is 5.56 Å². The van der Waals surface area contributed by atoms with Crippen molar-refractivity contribution in [1.29, 1.82) is 0 Å². The maximum atomic E-state index is 12.6. The number of likely N-dealkylation sites (tertiary alicyclic amines) is 1. The molecule has 1 N–H and O–H groups in total. The van der Waals surface area contributed by atoms with Crippen molar-refractivity contribution < 1.29 is 19.1 Å². The first-order valence-corrected chi connectivity index (χ1v) is 7.61. The van der Waals surface area contributed by atoms with E-state index >= 15 is 0 Å². The molecule has 1 aromatic heterocycles. The van der Waals surface area contributed by atoms with Gasteiger partial charge in [0.25, 0.3) is 5.91 Å². The van der Waals surface area contributed by atoms with Gasteiger partial charge in [-0.2, -0.15) is 0 Å². The predicted molar refractivity (Wildman–Crippen MR) is 82.1 cm³/mol. The molecule has 3 rings (SSSR count). The van der Waals surface area contributed by atoms with Crippen LogP contribution >= 0.6 is 0 Å². The summed E-state index contributed by atoms with van der Waals surface area (Å²) in [5, 5.41) is 9.50. The molecule has 6 nitrogen and oxygen atoms in total. The Hall–Kier alpha value is -2.63. The van der Waals surface area contributed by atoms with E-state index in [4.69, 9.17) is 4.42 Å². The molecule has 120 valence electrons. The van der Waals surface area contributed by atoms with Gasteiger partial charge in [0, 0.05) is 25.4 Å². The summed E-state index contributed by atoms with van der Waals surface area (Å²) >= 11 is 0. The lowest BCUT2D eigenvalue weighted by molar-refractivity contribution is -0.141. The minimum atomic E-state index is -0.884. The number of carbonyl (C=O) groups excluding carboxylic acids is 1. The van der Waals surface area contributed by atoms with Crippen LogP contribution in [0.5, 0.6) is 0 Å². The number of aryl methyl sites for hydroxylation is 1. The van der Waals surface area contributed by atoms with Crippen molar-refractivity contribution in [3.05, 3.63) is 53.7 Å². The Balaban J connectivity index is 1.86. The molecule has 2 unspecified atom stereocenters. The maximum absolute atomic E-state index is 12.6. The van der Waals surface area contributed by atoms with Crippen molar-refractivity contribution >= 4 is 11.9 Å². The molecule has 2 heterocycles. The zero-order valence-electron chi connectivity index (χ0n) is 12.8. The normalized spacial score (nSPS) is 20.7. The van der Waals surface area contributed by atoms with E-state index in [1.165, 1.54) is 6.39 Å². The first-order chi connectivity index (χ1) is 11.1. The minimum Gasteiger partial charge on any atom is -0.481 e. The largest absolute Gasteiger partial charge is 0.481 e. The molecule has 2 atom stereocenters. The number of hydrogen-bond donors (Lipinski definition) is 1. The number of carbonyl (C=O) groups is 2. The Morgan fingerprint density at radius 2 is 2.04 bits per heavy atom. The second kappa shape index (κ2) is 6.24. The van der Waals surface area contributed by atoms with Crippen LogP contribution in [0.2, 0.25) is 0 Å². The second-order valence-electron chi connectivity index (χ2n) is 5.65. The van der Waals surface area contributed by atoms with Crippen LogP contribution < -0.4 is 0 Å². The number of carboxylic acid groups (broad SMARTS) is 1. The Bertz CT molecular complexity index is 710. The van der Waals surface area contributed by atoms with Crippen LogP contribution in [0.4, 0.5) is 0 Å². The van der Waals surface area contributed by atoms with Crippen LogP contribution in [0.1, 0.15) is 34.7 Å². The average Bonchev–Trinajstić information content (AvgIpc) is 3.22. The smallest absolute Gasteiger partial charge is 0.308 e. The standard InChI is InChI=1S/C17H18N2O4/c1-2-14-15(18-10-23-14)16(20)19-8-12(13(9-19)17(21)22)11-6-4-3-5-7-11/h3-7,10,12-13H,2,8-9H2,1H3,(H,21,22). The van der Waals surface area contributed by atoms with Gasteiger partial charge in [-0.05, 0) is 5.56 Å². The zero-order chi connectivity index (χ0) is 16.4. The summed E-state index contributed by atoms with van der Waals surface area (Å²) in [6, 6.07) is 9.46. The van der Waals surface area contributed by atoms with Crippen molar-refractivity contribution in [3.63, 3.8) is 0 Å². The van der Waals surface area contributed by atoms with E-state index < -0.39 is 11.9 Å². The van der Waals surface area contributed by atoms with Crippen LogP contribution in [0.3, 0.4) is 0 Å². The zero-order valence-corrected chi connectivity index (χ0v) is 12.8. The summed E-state index contributed by atoms with van der Waals surface area (Å²) in [6.07, 6.45) is 1.82. The van der Waals surface area contributed by atoms with E-state index in [1.807, 2.05) is 37.3 Å². The lowest BCUT2D eigenvalue weighted by Gasteiger charge is -2.15. The highest BCUT2D eigenvalue weighted by Crippen LogP contribution is 2.33. The van der Waals surface area contributed by atoms with Gasteiger partial charge in [0.1, 0.15) is 5.76 Å². The molecule has 1 aliphatic heterocycles. The molecule has 0 saturated carbocycles. The van der Waals surface area contributed by atoms with Crippen LogP contribution in [0.25, 0.3) is 0 Å². The molecule has 0 aliphatic carbocycles. The van der Waals surface area contributed by atoms with Crippen LogP contribution in [-0.2, 0) is 11.2 Å². The molecule has 1 aromatic carbocycles. The molecule has 0 bridgehead atoms. The van der Waals surface area contributed by atoms with Crippen molar-refractivity contribution in [2.24, 2.45) is 5.92 Å². The summed E-state index contributed by atoms with van der Waals surface area (Å²) in [5.41, 5.74) is 1.22. The average molecular weight is 314 g/mol. The molecular formula is C17H18N2O4. The maximum Gasteiger partial charge on any atom is 0.308 e. The quantitative estimate of drug-likeness (QED) is 0.935. The minimum absolute atomic E-state index is 0.184. The SMILES string of the molecule is CCc1ocnc1C(=O)N1CC(C(=O)O)C(c2ccccc2)C1. The Morgan fingerprint density at radius 1 is 1.30 bits per heavy atom. The first kappa shape index (κ1) is 15.3. The topological polar surface area (TPSA) is 83.6 Å². The highest BCUT2D eigenvalue weighted by atomic mass is 16.4. The highest BCUT2D eigenvalue weighted by Gasteiger charge is 2.41. The van der Waals surface area contributed by atoms with Crippen LogP contribution in [0.15, 0.2) is 41.1 Å². The molecule has 6 heteroatoms. The Morgan fingerprint density at radius 3 is 2.70 bits per heavy atom. The molecule has 1 fully saturated rings. The van der Waals surface area contributed by atoms with E-state index in [0.29, 0.717) is 18.7 Å². The van der Waals surface area contributed by atoms with Gasteiger partial charge >= 0.3 is 5.97 Å². The van der Waals surface area contributed by atoms with Gasteiger partial charge in [0.05, 0.1) is 5.92 Å². The Kier molecular flexibility index (Phi) is 4.14. The summed E-state index contributed by atoms with van der Waals surface area (Å²) in [4.78, 5) is 29.8. The van der Waals surface area contributed by atoms with Crippen molar-refractivity contribution in [2.45, 2.75) is 19.3 Å². The van der Waals surface area contributed by atoms with Gasteiger partial charge in [0.2, 0.25) is 0 Å². The fourth-order valence-corrected chi connectivity index (χ4v) is 3.10. The number of amides is 1. The Labute approximate surface area is 133 Å². The van der Waals surface area contributed by atoms with E-state index in [2.05, 4.69) is 4.98 Å². The molecule has 1 amide bonds. The van der Waals surface area contributed by atoms with E-state index in [-0.39, 0.29) is 24.1 Å². The summed E-state index contributed by atoms with van der Waals surface area (Å²) < 4.78 is 5.21. The number of rotatable bonds is 4. The summed E-state index contributed by atoms with van der Waals surface area (Å²) in [6.45, 7) is 2.44. The molecule has 1 saturated heterocycles. The molecule has 0 radical (unpaired) electrons. The first-order valence-electron chi connectivity index (χ1n) is 7.61. The van der Waals surface area contributed by atoms with Crippen molar-refractivity contribution in [1.82, 2.24) is 9.88 Å². The summed E-state index contributed by atoms with van der Waals surface area (Å²) in [7, 11) is 0. The van der Waals surface area contributed by atoms with Crippen molar-refractivity contribution in [2.75, 3.05) is 13.1 Å². The number of nitrogens with zero attached hydrogens (tertiary/aromatic N) is 2. The number of aromatic nitrogens is 1. The summed E-state index contributed by atoms with van der Waals surface area (Å²) in [5.74, 6) is -1.44.